The molecule has 0 radical (unpaired) electrons. The molecule has 0 aliphatic heterocycles. The molecule has 1 aliphatic carbocycles. The molecule has 3 nitrogen and oxygen atoms in total. The van der Waals surface area contributed by atoms with E-state index in [4.69, 9.17) is 10.5 Å². The van der Waals surface area contributed by atoms with Crippen molar-refractivity contribution in [3.63, 3.8) is 0 Å². The predicted molar refractivity (Wildman–Crippen MR) is 42.9 cm³/mol. The van der Waals surface area contributed by atoms with Crippen LogP contribution in [0.3, 0.4) is 0 Å². The Balaban J connectivity index is 2.63. The molecular weight excluding hydrogens is 142 g/mol. The molecular formula is C8H13NO2. The van der Waals surface area contributed by atoms with Gasteiger partial charge in [0.05, 0.1) is 0 Å². The quantitative estimate of drug-likeness (QED) is 0.559. The third kappa shape index (κ3) is 1.89. The highest BCUT2D eigenvalue weighted by atomic mass is 16.6. The number of hydrogen-bond acceptors (Lipinski definition) is 3. The Morgan fingerprint density at radius 2 is 2.55 bits per heavy atom. The molecule has 0 saturated heterocycles. The average Bonchev–Trinajstić information content (AvgIpc) is 2.06. The Bertz CT molecular complexity index is 198. The molecule has 0 spiro atoms. The van der Waals surface area contributed by atoms with Crippen LogP contribution in [0.1, 0.15) is 6.42 Å². The summed E-state index contributed by atoms with van der Waals surface area (Å²) in [4.78, 5) is 0. The summed E-state index contributed by atoms with van der Waals surface area (Å²) in [5.74, 6) is -1.11. The zero-order chi connectivity index (χ0) is 8.32. The highest BCUT2D eigenvalue weighted by Crippen LogP contribution is 2.20. The molecule has 0 amide bonds. The van der Waals surface area contributed by atoms with Gasteiger partial charge in [-0.3, -0.25) is 0 Å². The van der Waals surface area contributed by atoms with Crippen LogP contribution in [0.4, 0.5) is 0 Å². The van der Waals surface area contributed by atoms with Crippen LogP contribution in [0.25, 0.3) is 0 Å². The molecule has 1 atom stereocenters. The fourth-order valence-corrected chi connectivity index (χ4v) is 0.953. The van der Waals surface area contributed by atoms with Gasteiger partial charge in [-0.25, -0.2) is 0 Å². The molecule has 1 unspecified atom stereocenters. The summed E-state index contributed by atoms with van der Waals surface area (Å²) in [7, 11) is 1.48. The monoisotopic (exact) mass is 155 g/mol. The van der Waals surface area contributed by atoms with Crippen molar-refractivity contribution in [2.75, 3.05) is 13.7 Å². The molecule has 0 bridgehead atoms. The lowest BCUT2D eigenvalue weighted by molar-refractivity contribution is -0.143. The molecule has 62 valence electrons. The van der Waals surface area contributed by atoms with Gasteiger partial charge in [-0.2, -0.15) is 0 Å². The molecule has 0 aromatic carbocycles. The van der Waals surface area contributed by atoms with Crippen molar-refractivity contribution in [1.82, 2.24) is 0 Å². The predicted octanol–water partition coefficient (Wildman–Crippen LogP) is 0.166. The second-order valence-electron chi connectivity index (χ2n) is 2.57. The smallest absolute Gasteiger partial charge is 0.188 e. The summed E-state index contributed by atoms with van der Waals surface area (Å²) < 4.78 is 4.85. The summed E-state index contributed by atoms with van der Waals surface area (Å²) in [6.07, 6.45) is 5.76. The zero-order valence-electron chi connectivity index (χ0n) is 6.58. The Morgan fingerprint density at radius 1 is 1.82 bits per heavy atom. The van der Waals surface area contributed by atoms with Crippen molar-refractivity contribution in [3.05, 3.63) is 23.8 Å². The van der Waals surface area contributed by atoms with Crippen LogP contribution in [0.5, 0.6) is 0 Å². The molecule has 1 rings (SSSR count). The van der Waals surface area contributed by atoms with Crippen LogP contribution in [0.2, 0.25) is 0 Å². The lowest BCUT2D eigenvalue weighted by Crippen LogP contribution is -2.29. The Morgan fingerprint density at radius 3 is 2.91 bits per heavy atom. The van der Waals surface area contributed by atoms with E-state index < -0.39 is 5.79 Å². The van der Waals surface area contributed by atoms with Crippen molar-refractivity contribution in [2.45, 2.75) is 12.2 Å². The van der Waals surface area contributed by atoms with E-state index in [9.17, 15) is 5.11 Å². The number of ether oxygens (including phenoxy) is 1. The SMILES string of the molecule is COC1(O)C=CC(CN)=CC1. The van der Waals surface area contributed by atoms with E-state index in [-0.39, 0.29) is 0 Å². The van der Waals surface area contributed by atoms with Crippen molar-refractivity contribution in [2.24, 2.45) is 5.73 Å². The first-order valence-corrected chi connectivity index (χ1v) is 3.56. The van der Waals surface area contributed by atoms with E-state index in [1.165, 1.54) is 7.11 Å². The first kappa shape index (κ1) is 8.46. The summed E-state index contributed by atoms with van der Waals surface area (Å²) in [6.45, 7) is 0.510. The maximum absolute atomic E-state index is 9.50. The summed E-state index contributed by atoms with van der Waals surface area (Å²) in [6, 6.07) is 0. The highest BCUT2D eigenvalue weighted by Gasteiger charge is 2.23. The third-order valence-corrected chi connectivity index (χ3v) is 1.80. The molecule has 3 heteroatoms. The van der Waals surface area contributed by atoms with E-state index in [0.29, 0.717) is 13.0 Å². The van der Waals surface area contributed by atoms with Crippen molar-refractivity contribution >= 4 is 0 Å². The van der Waals surface area contributed by atoms with Gasteiger partial charge < -0.3 is 15.6 Å². The van der Waals surface area contributed by atoms with Gasteiger partial charge in [-0.1, -0.05) is 12.2 Å². The van der Waals surface area contributed by atoms with Gasteiger partial charge in [-0.05, 0) is 11.6 Å². The van der Waals surface area contributed by atoms with E-state index >= 15 is 0 Å². The van der Waals surface area contributed by atoms with Gasteiger partial charge in [0.2, 0.25) is 0 Å². The number of methoxy groups -OCH3 is 1. The van der Waals surface area contributed by atoms with Crippen molar-refractivity contribution in [1.29, 1.82) is 0 Å². The Kier molecular flexibility index (Phi) is 2.44. The normalized spacial score (nSPS) is 30.3. The number of rotatable bonds is 2. The lowest BCUT2D eigenvalue weighted by atomic mass is 10.0. The molecule has 0 aromatic heterocycles. The second-order valence-corrected chi connectivity index (χ2v) is 2.57. The van der Waals surface area contributed by atoms with Crippen molar-refractivity contribution in [3.8, 4) is 0 Å². The van der Waals surface area contributed by atoms with Gasteiger partial charge in [0.1, 0.15) is 0 Å². The lowest BCUT2D eigenvalue weighted by Gasteiger charge is -2.24. The van der Waals surface area contributed by atoms with Crippen LogP contribution in [0, 0.1) is 0 Å². The van der Waals surface area contributed by atoms with Gasteiger partial charge in [0, 0.05) is 20.1 Å². The first-order chi connectivity index (χ1) is 5.20. The minimum atomic E-state index is -1.11. The summed E-state index contributed by atoms with van der Waals surface area (Å²) in [5.41, 5.74) is 6.43. The molecule has 3 N–H and O–H groups in total. The van der Waals surface area contributed by atoms with E-state index in [0.717, 1.165) is 5.57 Å². The van der Waals surface area contributed by atoms with Gasteiger partial charge >= 0.3 is 0 Å². The number of hydrogen-bond donors (Lipinski definition) is 2. The third-order valence-electron chi connectivity index (χ3n) is 1.80. The number of nitrogens with two attached hydrogens (primary N) is 1. The molecule has 1 aliphatic rings. The Labute approximate surface area is 66.2 Å². The topological polar surface area (TPSA) is 55.5 Å². The van der Waals surface area contributed by atoms with Crippen LogP contribution in [0.15, 0.2) is 23.8 Å². The second kappa shape index (κ2) is 3.17. The molecule has 0 heterocycles. The highest BCUT2D eigenvalue weighted by molar-refractivity contribution is 5.26. The largest absolute Gasteiger partial charge is 0.362 e. The zero-order valence-corrected chi connectivity index (χ0v) is 6.58. The minimum Gasteiger partial charge on any atom is -0.362 e. The van der Waals surface area contributed by atoms with Crippen LogP contribution >= 0.6 is 0 Å². The number of aliphatic hydroxyl groups is 1. The maximum Gasteiger partial charge on any atom is 0.188 e. The van der Waals surface area contributed by atoms with Crippen LogP contribution in [-0.4, -0.2) is 24.5 Å². The van der Waals surface area contributed by atoms with E-state index in [1.807, 2.05) is 6.08 Å². The fourth-order valence-electron chi connectivity index (χ4n) is 0.953. The standard InChI is InChI=1S/C8H13NO2/c1-11-8(10)4-2-7(6-9)3-5-8/h2-4,10H,5-6,9H2,1H3. The van der Waals surface area contributed by atoms with Gasteiger partial charge in [-0.15, -0.1) is 0 Å². The molecule has 0 saturated carbocycles. The van der Waals surface area contributed by atoms with Crippen molar-refractivity contribution < 1.29 is 9.84 Å². The van der Waals surface area contributed by atoms with E-state index in [2.05, 4.69) is 0 Å². The summed E-state index contributed by atoms with van der Waals surface area (Å²) in [5, 5.41) is 9.50. The Hall–Kier alpha value is -0.640. The first-order valence-electron chi connectivity index (χ1n) is 3.56. The van der Waals surface area contributed by atoms with E-state index in [1.54, 1.807) is 12.2 Å². The van der Waals surface area contributed by atoms with Crippen LogP contribution in [-0.2, 0) is 4.74 Å². The summed E-state index contributed by atoms with van der Waals surface area (Å²) >= 11 is 0. The van der Waals surface area contributed by atoms with Gasteiger partial charge in [0.25, 0.3) is 0 Å². The maximum atomic E-state index is 9.50. The molecule has 0 fully saturated rings. The minimum absolute atomic E-state index is 0.479. The average molecular weight is 155 g/mol. The van der Waals surface area contributed by atoms with Gasteiger partial charge in [0.15, 0.2) is 5.79 Å². The van der Waals surface area contributed by atoms with Crippen LogP contribution < -0.4 is 5.73 Å². The molecule has 11 heavy (non-hydrogen) atoms. The molecule has 0 aromatic rings. The fraction of sp³-hybridized carbons (Fsp3) is 0.500.